The molecule has 3 aromatic rings. The lowest BCUT2D eigenvalue weighted by Crippen LogP contribution is -2.28. The Bertz CT molecular complexity index is 1170. The van der Waals surface area contributed by atoms with E-state index in [9.17, 15) is 9.18 Å². The zero-order valence-electron chi connectivity index (χ0n) is 16.6. The molecule has 1 aromatic heterocycles. The average molecular weight is 435 g/mol. The second-order valence-corrected chi connectivity index (χ2v) is 7.48. The zero-order valence-corrected chi connectivity index (χ0v) is 17.4. The van der Waals surface area contributed by atoms with Crippen molar-refractivity contribution in [2.75, 3.05) is 7.11 Å². The van der Waals surface area contributed by atoms with Gasteiger partial charge in [-0.15, -0.1) is 5.10 Å². The third-order valence-electron chi connectivity index (χ3n) is 4.45. The Labute approximate surface area is 182 Å². The normalized spacial score (nSPS) is 16.7. The molecule has 0 saturated carbocycles. The number of methoxy groups -OCH3 is 1. The largest absolute Gasteiger partial charge is 0.496 e. The van der Waals surface area contributed by atoms with Crippen molar-refractivity contribution >= 4 is 35.1 Å². The number of amidine groups is 1. The van der Waals surface area contributed by atoms with Gasteiger partial charge < -0.3 is 9.15 Å². The minimum absolute atomic E-state index is 0.205. The molecule has 0 aliphatic carbocycles. The molecule has 6 nitrogen and oxygen atoms in total. The van der Waals surface area contributed by atoms with Gasteiger partial charge in [0.05, 0.1) is 31.0 Å². The first-order valence-electron chi connectivity index (χ1n) is 9.38. The fourth-order valence-corrected chi connectivity index (χ4v) is 3.85. The number of carbonyl (C=O) groups is 1. The van der Waals surface area contributed by atoms with Crippen molar-refractivity contribution in [1.29, 1.82) is 0 Å². The summed E-state index contributed by atoms with van der Waals surface area (Å²) in [6, 6.07) is 17.2. The van der Waals surface area contributed by atoms with Crippen molar-refractivity contribution in [2.45, 2.75) is 6.54 Å². The standard InChI is InChI=1S/C23H18FN3O3S/c1-29-20-11-5-3-7-16(20)13-21-22(28)27(15-18-9-6-12-30-18)23(31-21)26-25-14-17-8-2-4-10-19(17)24/h2-14H,15H2,1H3/b21-13-,25-14-,26-23+. The van der Waals surface area contributed by atoms with E-state index < -0.39 is 5.82 Å². The van der Waals surface area contributed by atoms with Crippen LogP contribution in [0.15, 0.2) is 86.5 Å². The zero-order chi connectivity index (χ0) is 21.6. The van der Waals surface area contributed by atoms with Crippen LogP contribution in [-0.2, 0) is 11.3 Å². The van der Waals surface area contributed by atoms with E-state index in [1.54, 1.807) is 49.8 Å². The Morgan fingerprint density at radius 3 is 2.61 bits per heavy atom. The minimum atomic E-state index is -0.397. The molecule has 2 aromatic carbocycles. The number of carbonyl (C=O) groups excluding carboxylic acids is 1. The molecular formula is C23H18FN3O3S. The van der Waals surface area contributed by atoms with Gasteiger partial charge in [0.15, 0.2) is 5.17 Å². The summed E-state index contributed by atoms with van der Waals surface area (Å²) in [7, 11) is 1.58. The molecular weight excluding hydrogens is 417 g/mol. The van der Waals surface area contributed by atoms with Gasteiger partial charge in [-0.1, -0.05) is 36.4 Å². The second-order valence-electron chi connectivity index (χ2n) is 6.47. The molecule has 8 heteroatoms. The lowest BCUT2D eigenvalue weighted by molar-refractivity contribution is -0.122. The summed E-state index contributed by atoms with van der Waals surface area (Å²) in [5, 5.41) is 8.55. The smallest absolute Gasteiger partial charge is 0.267 e. The van der Waals surface area contributed by atoms with Gasteiger partial charge in [0, 0.05) is 11.1 Å². The molecule has 4 rings (SSSR count). The lowest BCUT2D eigenvalue weighted by Gasteiger charge is -2.12. The van der Waals surface area contributed by atoms with Crippen molar-refractivity contribution in [3.8, 4) is 5.75 Å². The molecule has 1 fully saturated rings. The van der Waals surface area contributed by atoms with Gasteiger partial charge in [-0.3, -0.25) is 9.69 Å². The van der Waals surface area contributed by atoms with Gasteiger partial charge >= 0.3 is 0 Å². The molecule has 1 aliphatic heterocycles. The molecule has 1 saturated heterocycles. The molecule has 31 heavy (non-hydrogen) atoms. The summed E-state index contributed by atoms with van der Waals surface area (Å²) in [5.74, 6) is 0.639. The Morgan fingerprint density at radius 1 is 1.10 bits per heavy atom. The Balaban J connectivity index is 1.65. The maximum Gasteiger partial charge on any atom is 0.267 e. The summed E-state index contributed by atoms with van der Waals surface area (Å²) in [5.41, 5.74) is 1.08. The SMILES string of the molecule is COc1ccccc1/C=C1\S/C(=N/N=C\c2ccccc2F)N(Cc2ccco2)C1=O. The van der Waals surface area contributed by atoms with E-state index >= 15 is 0 Å². The Hall–Kier alpha value is -3.65. The first kappa shape index (κ1) is 20.6. The van der Waals surface area contributed by atoms with Crippen molar-refractivity contribution in [2.24, 2.45) is 10.2 Å². The van der Waals surface area contributed by atoms with E-state index in [0.29, 0.717) is 27.1 Å². The highest BCUT2D eigenvalue weighted by molar-refractivity contribution is 8.18. The summed E-state index contributed by atoms with van der Waals surface area (Å²) in [4.78, 5) is 15.0. The number of amides is 1. The maximum absolute atomic E-state index is 13.8. The van der Waals surface area contributed by atoms with Gasteiger partial charge in [0.25, 0.3) is 5.91 Å². The van der Waals surface area contributed by atoms with Gasteiger partial charge in [-0.2, -0.15) is 5.10 Å². The fraction of sp³-hybridized carbons (Fsp3) is 0.0870. The van der Waals surface area contributed by atoms with Crippen LogP contribution in [0.5, 0.6) is 5.75 Å². The molecule has 2 heterocycles. The van der Waals surface area contributed by atoms with Gasteiger partial charge in [0.2, 0.25) is 0 Å². The third kappa shape index (κ3) is 4.75. The molecule has 1 amide bonds. The van der Waals surface area contributed by atoms with Crippen LogP contribution in [0.2, 0.25) is 0 Å². The predicted molar refractivity (Wildman–Crippen MR) is 119 cm³/mol. The Kier molecular flexibility index (Phi) is 6.28. The highest BCUT2D eigenvalue weighted by Crippen LogP contribution is 2.35. The van der Waals surface area contributed by atoms with E-state index in [4.69, 9.17) is 9.15 Å². The monoisotopic (exact) mass is 435 g/mol. The Morgan fingerprint density at radius 2 is 1.87 bits per heavy atom. The summed E-state index contributed by atoms with van der Waals surface area (Å²) >= 11 is 1.18. The van der Waals surface area contributed by atoms with Crippen LogP contribution in [0.3, 0.4) is 0 Å². The first-order valence-corrected chi connectivity index (χ1v) is 10.2. The van der Waals surface area contributed by atoms with Crippen LogP contribution in [0.25, 0.3) is 6.08 Å². The number of hydrogen-bond acceptors (Lipinski definition) is 6. The molecule has 0 N–H and O–H groups in total. The summed E-state index contributed by atoms with van der Waals surface area (Å²) in [6.45, 7) is 0.205. The van der Waals surface area contributed by atoms with Crippen molar-refractivity contribution < 1.29 is 18.3 Å². The number of furan rings is 1. The molecule has 0 bridgehead atoms. The van der Waals surface area contributed by atoms with E-state index in [-0.39, 0.29) is 12.5 Å². The van der Waals surface area contributed by atoms with Gasteiger partial charge in [-0.25, -0.2) is 4.39 Å². The molecule has 0 atom stereocenters. The second kappa shape index (κ2) is 9.44. The quantitative estimate of drug-likeness (QED) is 0.313. The number of nitrogens with zero attached hydrogens (tertiary/aromatic N) is 3. The summed E-state index contributed by atoms with van der Waals surface area (Å²) < 4.78 is 24.6. The van der Waals surface area contributed by atoms with E-state index in [2.05, 4.69) is 10.2 Å². The number of ether oxygens (including phenoxy) is 1. The number of benzene rings is 2. The fourth-order valence-electron chi connectivity index (χ4n) is 2.93. The topological polar surface area (TPSA) is 67.4 Å². The first-order chi connectivity index (χ1) is 15.2. The number of hydrogen-bond donors (Lipinski definition) is 0. The van der Waals surface area contributed by atoms with E-state index in [1.807, 2.05) is 24.3 Å². The number of para-hydroxylation sites is 1. The van der Waals surface area contributed by atoms with Crippen molar-refractivity contribution in [3.05, 3.63) is 94.5 Å². The average Bonchev–Trinajstić information content (AvgIpc) is 3.40. The molecule has 1 aliphatic rings. The minimum Gasteiger partial charge on any atom is -0.496 e. The predicted octanol–water partition coefficient (Wildman–Crippen LogP) is 4.93. The van der Waals surface area contributed by atoms with E-state index in [0.717, 1.165) is 5.56 Å². The van der Waals surface area contributed by atoms with Crippen LogP contribution in [-0.4, -0.2) is 29.3 Å². The highest BCUT2D eigenvalue weighted by Gasteiger charge is 2.34. The molecule has 0 spiro atoms. The highest BCUT2D eigenvalue weighted by atomic mass is 32.2. The van der Waals surface area contributed by atoms with Crippen molar-refractivity contribution in [1.82, 2.24) is 4.90 Å². The van der Waals surface area contributed by atoms with Crippen LogP contribution in [0.1, 0.15) is 16.9 Å². The molecule has 156 valence electrons. The van der Waals surface area contributed by atoms with Gasteiger partial charge in [0.1, 0.15) is 17.3 Å². The van der Waals surface area contributed by atoms with Crippen LogP contribution < -0.4 is 4.74 Å². The molecule has 0 unspecified atom stereocenters. The lowest BCUT2D eigenvalue weighted by atomic mass is 10.2. The number of thioether (sulfide) groups is 1. The maximum atomic E-state index is 13.8. The third-order valence-corrected chi connectivity index (χ3v) is 5.45. The number of halogens is 1. The molecule has 0 radical (unpaired) electrons. The van der Waals surface area contributed by atoms with Crippen LogP contribution in [0, 0.1) is 5.82 Å². The van der Waals surface area contributed by atoms with Crippen molar-refractivity contribution in [3.63, 3.8) is 0 Å². The van der Waals surface area contributed by atoms with E-state index in [1.165, 1.54) is 28.9 Å². The number of rotatable bonds is 6. The van der Waals surface area contributed by atoms with Crippen LogP contribution in [0.4, 0.5) is 4.39 Å². The summed E-state index contributed by atoms with van der Waals surface area (Å²) in [6.07, 6.45) is 4.62. The van der Waals surface area contributed by atoms with Crippen LogP contribution >= 0.6 is 11.8 Å². The van der Waals surface area contributed by atoms with Gasteiger partial charge in [-0.05, 0) is 42.1 Å².